The van der Waals surface area contributed by atoms with Gasteiger partial charge in [-0.1, -0.05) is 20.8 Å². The van der Waals surface area contributed by atoms with E-state index < -0.39 is 0 Å². The predicted octanol–water partition coefficient (Wildman–Crippen LogP) is 2.76. The van der Waals surface area contributed by atoms with Gasteiger partial charge in [-0.05, 0) is 37.3 Å². The van der Waals surface area contributed by atoms with Gasteiger partial charge in [0.1, 0.15) is 0 Å². The Morgan fingerprint density at radius 2 is 1.92 bits per heavy atom. The van der Waals surface area contributed by atoms with Crippen LogP contribution in [0.4, 0.5) is 0 Å². The smallest absolute Gasteiger partial charge is 0.0113 e. The topological polar surface area (TPSA) is 12.0 Å². The molecule has 0 radical (unpaired) electrons. The Kier molecular flexibility index (Phi) is 6.02. The lowest BCUT2D eigenvalue weighted by atomic mass is 9.84. The van der Waals surface area contributed by atoms with Crippen LogP contribution in [0.2, 0.25) is 0 Å². The van der Waals surface area contributed by atoms with Crippen LogP contribution < -0.4 is 5.32 Å². The van der Waals surface area contributed by atoms with Crippen molar-refractivity contribution in [1.29, 1.82) is 0 Å². The van der Waals surface area contributed by atoms with E-state index >= 15 is 0 Å². The van der Waals surface area contributed by atoms with E-state index in [9.17, 15) is 0 Å². The Bertz CT molecular complexity index is 107. The first-order valence-corrected chi connectivity index (χ1v) is 6.08. The average Bonchev–Trinajstić information content (AvgIpc) is 1.95. The van der Waals surface area contributed by atoms with Crippen molar-refractivity contribution in [1.82, 2.24) is 5.32 Å². The van der Waals surface area contributed by atoms with Crippen molar-refractivity contribution in [3.05, 3.63) is 0 Å². The predicted molar refractivity (Wildman–Crippen MR) is 59.9 cm³/mol. The van der Waals surface area contributed by atoms with E-state index in [4.69, 9.17) is 0 Å². The molecule has 1 N–H and O–H groups in total. The van der Waals surface area contributed by atoms with Crippen LogP contribution in [0.5, 0.6) is 0 Å². The van der Waals surface area contributed by atoms with Crippen LogP contribution in [-0.2, 0) is 0 Å². The van der Waals surface area contributed by atoms with Crippen molar-refractivity contribution < 1.29 is 0 Å². The second-order valence-electron chi connectivity index (χ2n) is 4.34. The summed E-state index contributed by atoms with van der Waals surface area (Å²) in [6.07, 6.45) is 4.79. The largest absolute Gasteiger partial charge is 0.316 e. The zero-order chi connectivity index (χ0) is 9.61. The summed E-state index contributed by atoms with van der Waals surface area (Å²) in [7, 11) is 2.06. The molecule has 1 unspecified atom stereocenters. The van der Waals surface area contributed by atoms with Crippen LogP contribution in [-0.4, -0.2) is 25.1 Å². The number of hydrogen-bond acceptors (Lipinski definition) is 2. The molecule has 0 saturated carbocycles. The molecule has 0 saturated heterocycles. The maximum atomic E-state index is 3.39. The minimum atomic E-state index is 0.396. The van der Waals surface area contributed by atoms with Crippen molar-refractivity contribution >= 4 is 11.8 Å². The number of rotatable bonds is 5. The molecule has 0 aromatic carbocycles. The summed E-state index contributed by atoms with van der Waals surface area (Å²) >= 11 is 1.94. The van der Waals surface area contributed by atoms with Crippen molar-refractivity contribution in [3.63, 3.8) is 0 Å². The minimum Gasteiger partial charge on any atom is -0.316 e. The van der Waals surface area contributed by atoms with Crippen LogP contribution >= 0.6 is 11.8 Å². The van der Waals surface area contributed by atoms with Crippen molar-refractivity contribution in [2.75, 3.05) is 19.1 Å². The molecule has 0 bridgehead atoms. The highest BCUT2D eigenvalue weighted by atomic mass is 32.2. The van der Waals surface area contributed by atoms with E-state index in [1.807, 2.05) is 11.8 Å². The SMILES string of the molecule is CNC(CCCSC)C(C)(C)C. The monoisotopic (exact) mass is 189 g/mol. The molecule has 0 rings (SSSR count). The summed E-state index contributed by atoms with van der Waals surface area (Å²) in [5, 5.41) is 3.39. The van der Waals surface area contributed by atoms with E-state index in [1.165, 1.54) is 18.6 Å². The number of thioether (sulfide) groups is 1. The molecule has 0 spiro atoms. The first kappa shape index (κ1) is 12.3. The molecule has 0 aromatic rings. The molecule has 0 amide bonds. The fourth-order valence-electron chi connectivity index (χ4n) is 1.44. The van der Waals surface area contributed by atoms with Gasteiger partial charge in [0.2, 0.25) is 0 Å². The normalized spacial score (nSPS) is 14.8. The summed E-state index contributed by atoms with van der Waals surface area (Å²) in [6, 6.07) is 0.657. The van der Waals surface area contributed by atoms with E-state index in [2.05, 4.69) is 39.4 Å². The fraction of sp³-hybridized carbons (Fsp3) is 1.00. The first-order chi connectivity index (χ1) is 5.52. The fourth-order valence-corrected chi connectivity index (χ4v) is 1.90. The van der Waals surface area contributed by atoms with Crippen molar-refractivity contribution in [2.45, 2.75) is 39.7 Å². The molecular formula is C10H23NS. The maximum Gasteiger partial charge on any atom is 0.0113 e. The minimum absolute atomic E-state index is 0.396. The van der Waals surface area contributed by atoms with Gasteiger partial charge in [0.15, 0.2) is 0 Å². The van der Waals surface area contributed by atoms with Crippen LogP contribution in [0.25, 0.3) is 0 Å². The zero-order valence-electron chi connectivity index (χ0n) is 9.11. The summed E-state index contributed by atoms with van der Waals surface area (Å²) in [4.78, 5) is 0. The highest BCUT2D eigenvalue weighted by Crippen LogP contribution is 2.22. The summed E-state index contributed by atoms with van der Waals surface area (Å²) < 4.78 is 0. The van der Waals surface area contributed by atoms with Gasteiger partial charge in [-0.25, -0.2) is 0 Å². The Morgan fingerprint density at radius 3 is 2.25 bits per heavy atom. The van der Waals surface area contributed by atoms with Crippen LogP contribution in [0.3, 0.4) is 0 Å². The Hall–Kier alpha value is 0.310. The van der Waals surface area contributed by atoms with E-state index in [0.717, 1.165) is 0 Å². The standard InChI is InChI=1S/C10H23NS/c1-10(2,3)9(11-4)7-6-8-12-5/h9,11H,6-8H2,1-5H3. The van der Waals surface area contributed by atoms with Gasteiger partial charge in [0.25, 0.3) is 0 Å². The lowest BCUT2D eigenvalue weighted by Gasteiger charge is -2.30. The third-order valence-electron chi connectivity index (χ3n) is 2.24. The molecular weight excluding hydrogens is 166 g/mol. The third kappa shape index (κ3) is 5.04. The molecule has 12 heavy (non-hydrogen) atoms. The van der Waals surface area contributed by atoms with Crippen molar-refractivity contribution in [3.8, 4) is 0 Å². The highest BCUT2D eigenvalue weighted by molar-refractivity contribution is 7.98. The molecule has 74 valence electrons. The summed E-state index contributed by atoms with van der Waals surface area (Å²) in [6.45, 7) is 6.90. The molecule has 0 heterocycles. The van der Waals surface area contributed by atoms with Gasteiger partial charge in [-0.2, -0.15) is 11.8 Å². The highest BCUT2D eigenvalue weighted by Gasteiger charge is 2.21. The Balaban J connectivity index is 3.68. The molecule has 1 atom stereocenters. The van der Waals surface area contributed by atoms with Gasteiger partial charge in [-0.3, -0.25) is 0 Å². The van der Waals surface area contributed by atoms with E-state index in [1.54, 1.807) is 0 Å². The second kappa shape index (κ2) is 5.87. The van der Waals surface area contributed by atoms with E-state index in [-0.39, 0.29) is 0 Å². The molecule has 0 aromatic heterocycles. The Labute approximate surface area is 81.7 Å². The second-order valence-corrected chi connectivity index (χ2v) is 5.33. The maximum absolute atomic E-state index is 3.39. The Morgan fingerprint density at radius 1 is 1.33 bits per heavy atom. The van der Waals surface area contributed by atoms with Crippen LogP contribution in [0.15, 0.2) is 0 Å². The lowest BCUT2D eigenvalue weighted by molar-refractivity contribution is 0.266. The zero-order valence-corrected chi connectivity index (χ0v) is 9.92. The molecule has 0 fully saturated rings. The average molecular weight is 189 g/mol. The third-order valence-corrected chi connectivity index (χ3v) is 2.93. The number of nitrogens with one attached hydrogen (secondary N) is 1. The lowest BCUT2D eigenvalue weighted by Crippen LogP contribution is -2.37. The molecule has 0 aliphatic heterocycles. The first-order valence-electron chi connectivity index (χ1n) is 4.68. The summed E-state index contributed by atoms with van der Waals surface area (Å²) in [5.41, 5.74) is 0.396. The summed E-state index contributed by atoms with van der Waals surface area (Å²) in [5.74, 6) is 1.29. The van der Waals surface area contributed by atoms with Gasteiger partial charge >= 0.3 is 0 Å². The van der Waals surface area contributed by atoms with Gasteiger partial charge in [0.05, 0.1) is 0 Å². The van der Waals surface area contributed by atoms with Gasteiger partial charge in [-0.15, -0.1) is 0 Å². The van der Waals surface area contributed by atoms with Gasteiger partial charge < -0.3 is 5.32 Å². The van der Waals surface area contributed by atoms with Gasteiger partial charge in [0, 0.05) is 6.04 Å². The van der Waals surface area contributed by atoms with Crippen LogP contribution in [0, 0.1) is 5.41 Å². The number of hydrogen-bond donors (Lipinski definition) is 1. The molecule has 2 heteroatoms. The molecule has 0 aliphatic carbocycles. The molecule has 1 nitrogen and oxygen atoms in total. The van der Waals surface area contributed by atoms with Crippen LogP contribution in [0.1, 0.15) is 33.6 Å². The quantitative estimate of drug-likeness (QED) is 0.667. The molecule has 0 aliphatic rings. The van der Waals surface area contributed by atoms with Crippen molar-refractivity contribution in [2.24, 2.45) is 5.41 Å². The van der Waals surface area contributed by atoms with E-state index in [0.29, 0.717) is 11.5 Å².